The Morgan fingerprint density at radius 3 is 2.69 bits per heavy atom. The fourth-order valence-electron chi connectivity index (χ4n) is 2.49. The van der Waals surface area contributed by atoms with Gasteiger partial charge in [0.05, 0.1) is 6.21 Å². The van der Waals surface area contributed by atoms with Gasteiger partial charge in [0.15, 0.2) is 5.11 Å². The number of thiocarbonyl (C=S) groups is 1. The van der Waals surface area contributed by atoms with Crippen LogP contribution in [0.25, 0.3) is 0 Å². The lowest BCUT2D eigenvalue weighted by Gasteiger charge is -2.22. The summed E-state index contributed by atoms with van der Waals surface area (Å²) in [6.45, 7) is 6.58. The largest absolute Gasteiger partial charge is 0.488 e. The molecule has 138 valence electrons. The van der Waals surface area contributed by atoms with Crippen LogP contribution in [0.3, 0.4) is 0 Å². The Balaban J connectivity index is 2.26. The van der Waals surface area contributed by atoms with E-state index in [2.05, 4.69) is 51.3 Å². The molecule has 0 atom stereocenters. The van der Waals surface area contributed by atoms with Crippen molar-refractivity contribution < 1.29 is 4.74 Å². The summed E-state index contributed by atoms with van der Waals surface area (Å²) in [6, 6.07) is 14.1. The van der Waals surface area contributed by atoms with Gasteiger partial charge in [0.1, 0.15) is 12.4 Å². The van der Waals surface area contributed by atoms with Gasteiger partial charge in [-0.05, 0) is 55.9 Å². The van der Waals surface area contributed by atoms with Crippen molar-refractivity contribution in [1.29, 1.82) is 0 Å². The molecule has 0 spiro atoms. The van der Waals surface area contributed by atoms with Gasteiger partial charge in [-0.15, -0.1) is 0 Å². The zero-order chi connectivity index (χ0) is 18.9. The predicted octanol–water partition coefficient (Wildman–Crippen LogP) is 4.04. The quantitative estimate of drug-likeness (QED) is 0.372. The van der Waals surface area contributed by atoms with E-state index in [4.69, 9.17) is 22.7 Å². The molecule has 0 saturated carbocycles. The number of nitrogens with zero attached hydrogens (tertiary/aromatic N) is 2. The molecule has 2 rings (SSSR count). The SMILES string of the molecule is CCN(CC)c1ccc(/C=N/NC(N)=S)c(OCc2cccc(Br)c2)c1. The molecular formula is C19H23BrN4OS. The Bertz CT molecular complexity index is 778. The standard InChI is InChI=1S/C19H23BrN4OS/c1-3-24(4-2)17-9-8-15(12-22-23-19(21)26)18(11-17)25-13-14-6-5-7-16(20)10-14/h5-12H,3-4,13H2,1-2H3,(H3,21,23,26)/b22-12+. The highest BCUT2D eigenvalue weighted by Gasteiger charge is 2.08. The molecule has 0 saturated heterocycles. The second-order valence-corrected chi connectivity index (χ2v) is 6.90. The molecular weight excluding hydrogens is 412 g/mol. The highest BCUT2D eigenvalue weighted by atomic mass is 79.9. The first kappa shape index (κ1) is 20.2. The van der Waals surface area contributed by atoms with E-state index in [0.717, 1.165) is 40.1 Å². The second-order valence-electron chi connectivity index (χ2n) is 5.55. The number of hydrazone groups is 1. The van der Waals surface area contributed by atoms with Crippen LogP contribution in [0.4, 0.5) is 5.69 Å². The van der Waals surface area contributed by atoms with Gasteiger partial charge in [-0.2, -0.15) is 5.10 Å². The van der Waals surface area contributed by atoms with Crippen molar-refractivity contribution in [3.63, 3.8) is 0 Å². The molecule has 0 heterocycles. The molecule has 0 bridgehead atoms. The third kappa shape index (κ3) is 6.00. The minimum absolute atomic E-state index is 0.123. The highest BCUT2D eigenvalue weighted by Crippen LogP contribution is 2.26. The zero-order valence-corrected chi connectivity index (χ0v) is 17.3. The predicted molar refractivity (Wildman–Crippen MR) is 116 cm³/mol. The van der Waals surface area contributed by atoms with E-state index >= 15 is 0 Å². The van der Waals surface area contributed by atoms with Crippen LogP contribution >= 0.6 is 28.1 Å². The van der Waals surface area contributed by atoms with Crippen molar-refractivity contribution in [1.82, 2.24) is 5.43 Å². The molecule has 0 aliphatic heterocycles. The summed E-state index contributed by atoms with van der Waals surface area (Å²) < 4.78 is 7.11. The summed E-state index contributed by atoms with van der Waals surface area (Å²) in [5.41, 5.74) is 11.0. The maximum atomic E-state index is 6.08. The smallest absolute Gasteiger partial charge is 0.184 e. The third-order valence-electron chi connectivity index (χ3n) is 3.79. The first-order valence-electron chi connectivity index (χ1n) is 8.38. The molecule has 0 aliphatic carbocycles. The van der Waals surface area contributed by atoms with E-state index in [9.17, 15) is 0 Å². The number of halogens is 1. The average molecular weight is 435 g/mol. The summed E-state index contributed by atoms with van der Waals surface area (Å²) in [7, 11) is 0. The lowest BCUT2D eigenvalue weighted by molar-refractivity contribution is 0.306. The summed E-state index contributed by atoms with van der Waals surface area (Å²) >= 11 is 8.25. The number of hydrogen-bond donors (Lipinski definition) is 2. The molecule has 0 fully saturated rings. The summed E-state index contributed by atoms with van der Waals surface area (Å²) in [5, 5.41) is 4.17. The Labute approximate surface area is 168 Å². The molecule has 0 amide bonds. The number of benzene rings is 2. The van der Waals surface area contributed by atoms with Crippen LogP contribution in [0.2, 0.25) is 0 Å². The topological polar surface area (TPSA) is 62.9 Å². The molecule has 3 N–H and O–H groups in total. The normalized spacial score (nSPS) is 10.7. The van der Waals surface area contributed by atoms with Crippen molar-refractivity contribution in [3.05, 3.63) is 58.1 Å². The maximum Gasteiger partial charge on any atom is 0.184 e. The van der Waals surface area contributed by atoms with Gasteiger partial charge in [0.2, 0.25) is 0 Å². The number of anilines is 1. The molecule has 0 unspecified atom stereocenters. The van der Waals surface area contributed by atoms with E-state index < -0.39 is 0 Å². The Hall–Kier alpha value is -2.12. The van der Waals surface area contributed by atoms with Crippen LogP contribution in [0.15, 0.2) is 52.0 Å². The first-order valence-corrected chi connectivity index (χ1v) is 9.58. The van der Waals surface area contributed by atoms with Gasteiger partial charge in [-0.25, -0.2) is 0 Å². The number of rotatable bonds is 8. The maximum absolute atomic E-state index is 6.08. The van der Waals surface area contributed by atoms with E-state index in [1.54, 1.807) is 6.21 Å². The number of nitrogens with one attached hydrogen (secondary N) is 1. The highest BCUT2D eigenvalue weighted by molar-refractivity contribution is 9.10. The van der Waals surface area contributed by atoms with Crippen LogP contribution in [-0.2, 0) is 6.61 Å². The van der Waals surface area contributed by atoms with Crippen LogP contribution in [0, 0.1) is 0 Å². The van der Waals surface area contributed by atoms with Gasteiger partial charge in [-0.3, -0.25) is 5.43 Å². The molecule has 2 aromatic carbocycles. The Morgan fingerprint density at radius 1 is 1.27 bits per heavy atom. The van der Waals surface area contributed by atoms with Crippen molar-refractivity contribution in [2.45, 2.75) is 20.5 Å². The van der Waals surface area contributed by atoms with E-state index in [-0.39, 0.29) is 5.11 Å². The van der Waals surface area contributed by atoms with E-state index in [0.29, 0.717) is 6.61 Å². The lowest BCUT2D eigenvalue weighted by Crippen LogP contribution is -2.24. The summed E-state index contributed by atoms with van der Waals surface area (Å²) in [5.74, 6) is 0.753. The summed E-state index contributed by atoms with van der Waals surface area (Å²) in [4.78, 5) is 2.26. The monoisotopic (exact) mass is 434 g/mol. The van der Waals surface area contributed by atoms with Gasteiger partial charge in [0, 0.05) is 34.9 Å². The number of nitrogens with two attached hydrogens (primary N) is 1. The van der Waals surface area contributed by atoms with Gasteiger partial charge in [0.25, 0.3) is 0 Å². The van der Waals surface area contributed by atoms with Gasteiger partial charge >= 0.3 is 0 Å². The third-order valence-corrected chi connectivity index (χ3v) is 4.37. The van der Waals surface area contributed by atoms with Crippen molar-refractivity contribution >= 4 is 45.2 Å². The fourth-order valence-corrected chi connectivity index (χ4v) is 2.99. The molecule has 26 heavy (non-hydrogen) atoms. The number of ether oxygens (including phenoxy) is 1. The van der Waals surface area contributed by atoms with E-state index in [1.165, 1.54) is 0 Å². The van der Waals surface area contributed by atoms with Crippen LogP contribution in [-0.4, -0.2) is 24.4 Å². The van der Waals surface area contributed by atoms with Gasteiger partial charge < -0.3 is 15.4 Å². The summed E-state index contributed by atoms with van der Waals surface area (Å²) in [6.07, 6.45) is 1.65. The lowest BCUT2D eigenvalue weighted by atomic mass is 10.1. The van der Waals surface area contributed by atoms with Gasteiger partial charge in [-0.1, -0.05) is 28.1 Å². The van der Waals surface area contributed by atoms with E-state index in [1.807, 2.05) is 36.4 Å². The molecule has 0 aliphatic rings. The van der Waals surface area contributed by atoms with Crippen molar-refractivity contribution in [3.8, 4) is 5.75 Å². The van der Waals surface area contributed by atoms with Crippen molar-refractivity contribution in [2.75, 3.05) is 18.0 Å². The van der Waals surface area contributed by atoms with Crippen LogP contribution in [0.1, 0.15) is 25.0 Å². The molecule has 2 aromatic rings. The number of hydrogen-bond acceptors (Lipinski definition) is 4. The zero-order valence-electron chi connectivity index (χ0n) is 14.9. The second kappa shape index (κ2) is 10.1. The average Bonchev–Trinajstić information content (AvgIpc) is 2.62. The Kier molecular flexibility index (Phi) is 7.87. The molecule has 0 radical (unpaired) electrons. The minimum atomic E-state index is 0.123. The van der Waals surface area contributed by atoms with Crippen LogP contribution < -0.4 is 20.8 Å². The van der Waals surface area contributed by atoms with Crippen LogP contribution in [0.5, 0.6) is 5.75 Å². The van der Waals surface area contributed by atoms with Crippen molar-refractivity contribution in [2.24, 2.45) is 10.8 Å². The molecule has 5 nitrogen and oxygen atoms in total. The minimum Gasteiger partial charge on any atom is -0.488 e. The fraction of sp³-hybridized carbons (Fsp3) is 0.263. The molecule has 7 heteroatoms. The first-order chi connectivity index (χ1) is 12.5. The molecule has 0 aromatic heterocycles. The Morgan fingerprint density at radius 2 is 2.04 bits per heavy atom.